The van der Waals surface area contributed by atoms with Gasteiger partial charge < -0.3 is 0 Å². The number of rotatable bonds is 2. The van der Waals surface area contributed by atoms with Crippen LogP contribution < -0.4 is 0 Å². The minimum Gasteiger partial charge on any atom is -0.299 e. The van der Waals surface area contributed by atoms with Gasteiger partial charge in [-0.3, -0.25) is 4.79 Å². The third-order valence-corrected chi connectivity index (χ3v) is 8.09. The van der Waals surface area contributed by atoms with Crippen LogP contribution in [0.3, 0.4) is 0 Å². The standard InChI is InChI=1S/C11H20OSi/c1-13(2,3)11(7-8-11)9-5-4-6-10(9)12/h9H,4-8H2,1-3H3. The SMILES string of the molecule is C[Si](C)(C)C1(C2CCCC2=O)CC1. The average Bonchev–Trinajstić information content (AvgIpc) is 2.70. The van der Waals surface area contributed by atoms with Crippen LogP contribution in [0, 0.1) is 5.92 Å². The molecule has 1 unspecified atom stereocenters. The van der Waals surface area contributed by atoms with Crippen LogP contribution in [-0.2, 0) is 4.79 Å². The van der Waals surface area contributed by atoms with E-state index < -0.39 is 8.07 Å². The minimum absolute atomic E-state index is 0.471. The second-order valence-electron chi connectivity index (χ2n) is 5.82. The van der Waals surface area contributed by atoms with Gasteiger partial charge in [0.05, 0.1) is 8.07 Å². The molecule has 1 nitrogen and oxygen atoms in total. The van der Waals surface area contributed by atoms with Crippen LogP contribution in [0.1, 0.15) is 32.1 Å². The van der Waals surface area contributed by atoms with E-state index in [1.54, 1.807) is 0 Å². The Morgan fingerprint density at radius 3 is 2.23 bits per heavy atom. The Hall–Kier alpha value is -0.113. The van der Waals surface area contributed by atoms with Gasteiger partial charge in [0, 0.05) is 12.3 Å². The summed E-state index contributed by atoms with van der Waals surface area (Å²) >= 11 is 0. The summed E-state index contributed by atoms with van der Waals surface area (Å²) in [5.41, 5.74) is 0. The zero-order chi connectivity index (χ0) is 9.69. The summed E-state index contributed by atoms with van der Waals surface area (Å²) in [6, 6.07) is 0. The lowest BCUT2D eigenvalue weighted by atomic mass is 10.0. The van der Waals surface area contributed by atoms with Gasteiger partial charge in [-0.25, -0.2) is 0 Å². The lowest BCUT2D eigenvalue weighted by Gasteiger charge is -2.33. The number of hydrogen-bond donors (Lipinski definition) is 0. The summed E-state index contributed by atoms with van der Waals surface area (Å²) in [5.74, 6) is 1.05. The van der Waals surface area contributed by atoms with Crippen molar-refractivity contribution in [1.29, 1.82) is 0 Å². The quantitative estimate of drug-likeness (QED) is 0.620. The zero-order valence-electron chi connectivity index (χ0n) is 9.02. The second-order valence-corrected chi connectivity index (χ2v) is 11.3. The van der Waals surface area contributed by atoms with Crippen molar-refractivity contribution in [2.75, 3.05) is 0 Å². The average molecular weight is 196 g/mol. The van der Waals surface area contributed by atoms with E-state index in [1.807, 2.05) is 0 Å². The van der Waals surface area contributed by atoms with Crippen molar-refractivity contribution < 1.29 is 4.79 Å². The van der Waals surface area contributed by atoms with Gasteiger partial charge >= 0.3 is 0 Å². The molecule has 0 aromatic carbocycles. The van der Waals surface area contributed by atoms with E-state index in [4.69, 9.17) is 0 Å². The summed E-state index contributed by atoms with van der Waals surface area (Å²) in [6.45, 7) is 7.31. The van der Waals surface area contributed by atoms with Crippen molar-refractivity contribution in [1.82, 2.24) is 0 Å². The van der Waals surface area contributed by atoms with Crippen molar-refractivity contribution in [3.63, 3.8) is 0 Å². The summed E-state index contributed by atoms with van der Waals surface area (Å²) in [6.07, 6.45) is 5.92. The third-order valence-electron chi connectivity index (χ3n) is 4.25. The molecule has 0 aliphatic heterocycles. The molecule has 0 saturated heterocycles. The number of ketones is 1. The molecule has 2 fully saturated rings. The van der Waals surface area contributed by atoms with Crippen LogP contribution in [0.15, 0.2) is 0 Å². The van der Waals surface area contributed by atoms with E-state index in [9.17, 15) is 4.79 Å². The minimum atomic E-state index is -1.10. The Kier molecular flexibility index (Phi) is 1.95. The van der Waals surface area contributed by atoms with Gasteiger partial charge in [0.2, 0.25) is 0 Å². The van der Waals surface area contributed by atoms with Crippen LogP contribution in [-0.4, -0.2) is 13.9 Å². The highest BCUT2D eigenvalue weighted by Gasteiger charge is 2.59. The second kappa shape index (κ2) is 2.69. The fourth-order valence-corrected chi connectivity index (χ4v) is 6.13. The van der Waals surface area contributed by atoms with E-state index >= 15 is 0 Å². The molecule has 0 amide bonds. The highest BCUT2D eigenvalue weighted by molar-refractivity contribution is 6.80. The summed E-state index contributed by atoms with van der Waals surface area (Å²) in [5, 5.41) is 0.528. The van der Waals surface area contributed by atoms with Gasteiger partial charge in [-0.15, -0.1) is 0 Å². The molecule has 1 atom stereocenters. The monoisotopic (exact) mass is 196 g/mol. The Balaban J connectivity index is 2.20. The summed E-state index contributed by atoms with van der Waals surface area (Å²) < 4.78 is 0. The first-order valence-corrected chi connectivity index (χ1v) is 9.00. The number of Topliss-reactive ketones (excluding diaryl/α,β-unsaturated/α-hetero) is 1. The number of carbonyl (C=O) groups excluding carboxylic acids is 1. The largest absolute Gasteiger partial charge is 0.299 e. The highest BCUT2D eigenvalue weighted by Crippen LogP contribution is 2.68. The Morgan fingerprint density at radius 1 is 1.31 bits per heavy atom. The molecule has 2 aliphatic rings. The Labute approximate surface area is 81.9 Å². The summed E-state index contributed by atoms with van der Waals surface area (Å²) in [7, 11) is -1.10. The van der Waals surface area contributed by atoms with Gasteiger partial charge in [0.15, 0.2) is 0 Å². The number of hydrogen-bond acceptors (Lipinski definition) is 1. The summed E-state index contributed by atoms with van der Waals surface area (Å²) in [4.78, 5) is 11.7. The Morgan fingerprint density at radius 2 is 1.92 bits per heavy atom. The van der Waals surface area contributed by atoms with Crippen molar-refractivity contribution >= 4 is 13.9 Å². The molecule has 2 saturated carbocycles. The van der Waals surface area contributed by atoms with Crippen molar-refractivity contribution in [2.24, 2.45) is 5.92 Å². The lowest BCUT2D eigenvalue weighted by molar-refractivity contribution is -0.121. The van der Waals surface area contributed by atoms with Crippen LogP contribution in [0.25, 0.3) is 0 Å². The molecule has 0 spiro atoms. The molecule has 13 heavy (non-hydrogen) atoms. The molecular weight excluding hydrogens is 176 g/mol. The maximum Gasteiger partial charge on any atom is 0.136 e. The molecule has 0 aromatic heterocycles. The first-order chi connectivity index (χ1) is 5.97. The number of carbonyl (C=O) groups is 1. The van der Waals surface area contributed by atoms with Gasteiger partial charge in [-0.1, -0.05) is 19.6 Å². The molecular formula is C11H20OSi. The van der Waals surface area contributed by atoms with Crippen molar-refractivity contribution in [3.05, 3.63) is 0 Å². The Bertz CT molecular complexity index is 235. The van der Waals surface area contributed by atoms with Crippen LogP contribution >= 0.6 is 0 Å². The zero-order valence-corrected chi connectivity index (χ0v) is 10.0. The van der Waals surface area contributed by atoms with Crippen LogP contribution in [0.5, 0.6) is 0 Å². The predicted octanol–water partition coefficient (Wildman–Crippen LogP) is 3.23. The third kappa shape index (κ3) is 1.30. The van der Waals surface area contributed by atoms with Gasteiger partial charge in [0.1, 0.15) is 5.78 Å². The first-order valence-electron chi connectivity index (χ1n) is 5.50. The van der Waals surface area contributed by atoms with Gasteiger partial charge in [-0.05, 0) is 30.7 Å². The predicted molar refractivity (Wildman–Crippen MR) is 57.6 cm³/mol. The van der Waals surface area contributed by atoms with Crippen LogP contribution in [0.4, 0.5) is 0 Å². The molecule has 2 heteroatoms. The molecule has 2 rings (SSSR count). The van der Waals surface area contributed by atoms with Crippen molar-refractivity contribution in [2.45, 2.75) is 56.8 Å². The smallest absolute Gasteiger partial charge is 0.136 e. The molecule has 2 aliphatic carbocycles. The van der Waals surface area contributed by atoms with Gasteiger partial charge in [-0.2, -0.15) is 0 Å². The molecule has 0 bridgehead atoms. The van der Waals surface area contributed by atoms with E-state index in [1.165, 1.54) is 19.3 Å². The van der Waals surface area contributed by atoms with Crippen LogP contribution in [0.2, 0.25) is 24.7 Å². The van der Waals surface area contributed by atoms with Crippen molar-refractivity contribution in [3.8, 4) is 0 Å². The lowest BCUT2D eigenvalue weighted by Crippen LogP contribution is -2.36. The first kappa shape index (κ1) is 9.44. The maximum absolute atomic E-state index is 11.7. The molecule has 0 aromatic rings. The van der Waals surface area contributed by atoms with Gasteiger partial charge in [0.25, 0.3) is 0 Å². The van der Waals surface area contributed by atoms with E-state index in [0.29, 0.717) is 16.7 Å². The van der Waals surface area contributed by atoms with E-state index in [2.05, 4.69) is 19.6 Å². The normalized spacial score (nSPS) is 32.2. The topological polar surface area (TPSA) is 17.1 Å². The molecule has 0 radical (unpaired) electrons. The fourth-order valence-electron chi connectivity index (χ4n) is 3.16. The highest BCUT2D eigenvalue weighted by atomic mass is 28.3. The molecule has 0 heterocycles. The fraction of sp³-hybridized carbons (Fsp3) is 0.909. The van der Waals surface area contributed by atoms with E-state index in [-0.39, 0.29) is 0 Å². The molecule has 0 N–H and O–H groups in total. The van der Waals surface area contributed by atoms with E-state index in [0.717, 1.165) is 12.8 Å². The maximum atomic E-state index is 11.7. The molecule has 74 valence electrons.